The lowest BCUT2D eigenvalue weighted by Gasteiger charge is -2.39. The van der Waals surface area contributed by atoms with Gasteiger partial charge in [0.05, 0.1) is 5.56 Å². The molecular weight excluding hydrogens is 560 g/mol. The normalized spacial score (nSPS) is 22.1. The molecule has 1 aromatic heterocycles. The van der Waals surface area contributed by atoms with Crippen molar-refractivity contribution in [2.45, 2.75) is 30.7 Å². The van der Waals surface area contributed by atoms with Gasteiger partial charge in [-0.25, -0.2) is 4.79 Å². The zero-order chi connectivity index (χ0) is 30.3. The van der Waals surface area contributed by atoms with Gasteiger partial charge in [0.25, 0.3) is 0 Å². The third-order valence-corrected chi connectivity index (χ3v) is 6.54. The smallest absolute Gasteiger partial charge is 0.338 e. The maximum atomic E-state index is 13.5. The third-order valence-electron chi connectivity index (χ3n) is 6.54. The van der Waals surface area contributed by atoms with Gasteiger partial charge in [-0.15, -0.1) is 0 Å². The summed E-state index contributed by atoms with van der Waals surface area (Å²) in [6, 6.07) is 10.4. The number of phenols is 5. The van der Waals surface area contributed by atoms with Crippen molar-refractivity contribution in [3.05, 3.63) is 70.4 Å². The molecule has 1 aliphatic heterocycles. The molecule has 1 aliphatic rings. The first kappa shape index (κ1) is 28.5. The molecule has 1 saturated heterocycles. The number of ether oxygens (including phenoxy) is 3. The molecule has 1 fully saturated rings. The van der Waals surface area contributed by atoms with Gasteiger partial charge in [0, 0.05) is 17.7 Å². The number of aliphatic hydroxyl groups is 3. The van der Waals surface area contributed by atoms with E-state index < -0.39 is 82.8 Å². The SMILES string of the molecule is O=C(OC[C@H]1O[C@@H](Oc2c(-c3ccc(O)c(O)c3)oc3cc(O)cc(O)c3c2=O)C(O)C(O)[C@H]1O)c1ccc(O)cc1. The summed E-state index contributed by atoms with van der Waals surface area (Å²) < 4.78 is 22.1. The van der Waals surface area contributed by atoms with Gasteiger partial charge in [-0.1, -0.05) is 0 Å². The molecule has 14 heteroatoms. The van der Waals surface area contributed by atoms with E-state index in [1.54, 1.807) is 0 Å². The summed E-state index contributed by atoms with van der Waals surface area (Å²) >= 11 is 0. The second kappa shape index (κ2) is 11.1. The largest absolute Gasteiger partial charge is 0.508 e. The van der Waals surface area contributed by atoms with Gasteiger partial charge >= 0.3 is 5.97 Å². The molecule has 5 atom stereocenters. The number of rotatable bonds is 6. The minimum atomic E-state index is -1.95. The van der Waals surface area contributed by atoms with Crippen molar-refractivity contribution in [2.24, 2.45) is 0 Å². The number of aromatic hydroxyl groups is 5. The average molecular weight is 584 g/mol. The molecule has 0 saturated carbocycles. The first-order chi connectivity index (χ1) is 19.9. The van der Waals surface area contributed by atoms with Crippen molar-refractivity contribution in [1.82, 2.24) is 0 Å². The average Bonchev–Trinajstić information content (AvgIpc) is 2.95. The van der Waals surface area contributed by atoms with E-state index in [9.17, 15) is 50.4 Å². The Balaban J connectivity index is 1.49. The first-order valence-electron chi connectivity index (χ1n) is 12.3. The Kier molecular flexibility index (Phi) is 7.53. The number of hydrogen-bond acceptors (Lipinski definition) is 14. The molecule has 3 aromatic carbocycles. The summed E-state index contributed by atoms with van der Waals surface area (Å²) in [5, 5.41) is 80.5. The van der Waals surface area contributed by atoms with Crippen LogP contribution >= 0.6 is 0 Å². The van der Waals surface area contributed by atoms with E-state index in [0.717, 1.165) is 24.3 Å². The van der Waals surface area contributed by atoms with Crippen LogP contribution in [0.5, 0.6) is 34.5 Å². The molecule has 2 unspecified atom stereocenters. The van der Waals surface area contributed by atoms with Crippen molar-refractivity contribution in [3.8, 4) is 45.8 Å². The molecule has 0 bridgehead atoms. The Hall–Kier alpha value is -5.02. The highest BCUT2D eigenvalue weighted by Crippen LogP contribution is 2.39. The number of fused-ring (bicyclic) bond motifs is 1. The monoisotopic (exact) mass is 584 g/mol. The number of esters is 1. The molecule has 2 heterocycles. The Bertz CT molecular complexity index is 1700. The van der Waals surface area contributed by atoms with Crippen LogP contribution < -0.4 is 10.2 Å². The number of phenolic OH excluding ortho intramolecular Hbond substituents is 5. The number of benzene rings is 3. The minimum Gasteiger partial charge on any atom is -0.508 e. The lowest BCUT2D eigenvalue weighted by molar-refractivity contribution is -0.277. The molecule has 0 amide bonds. The summed E-state index contributed by atoms with van der Waals surface area (Å²) in [4.78, 5) is 25.9. The minimum absolute atomic E-state index is 0.0209. The molecule has 220 valence electrons. The van der Waals surface area contributed by atoms with Gasteiger partial charge < -0.3 is 59.5 Å². The zero-order valence-corrected chi connectivity index (χ0v) is 21.3. The van der Waals surface area contributed by atoms with Gasteiger partial charge in [-0.2, -0.15) is 0 Å². The van der Waals surface area contributed by atoms with Crippen LogP contribution in [0.3, 0.4) is 0 Å². The lowest BCUT2D eigenvalue weighted by Crippen LogP contribution is -2.60. The van der Waals surface area contributed by atoms with Crippen LogP contribution in [-0.2, 0) is 9.47 Å². The first-order valence-corrected chi connectivity index (χ1v) is 12.3. The molecule has 8 N–H and O–H groups in total. The fourth-order valence-electron chi connectivity index (χ4n) is 4.34. The number of carbonyl (C=O) groups is 1. The molecule has 0 spiro atoms. The highest BCUT2D eigenvalue weighted by atomic mass is 16.7. The van der Waals surface area contributed by atoms with Crippen LogP contribution in [0.25, 0.3) is 22.3 Å². The Morgan fingerprint density at radius 1 is 0.786 bits per heavy atom. The van der Waals surface area contributed by atoms with Gasteiger partial charge in [-0.3, -0.25) is 4.79 Å². The van der Waals surface area contributed by atoms with Gasteiger partial charge in [0.15, 0.2) is 17.3 Å². The maximum absolute atomic E-state index is 13.5. The van der Waals surface area contributed by atoms with Crippen LogP contribution in [0.4, 0.5) is 0 Å². The highest BCUT2D eigenvalue weighted by molar-refractivity contribution is 5.89. The maximum Gasteiger partial charge on any atom is 0.338 e. The fourth-order valence-corrected chi connectivity index (χ4v) is 4.34. The van der Waals surface area contributed by atoms with Crippen molar-refractivity contribution in [2.75, 3.05) is 6.61 Å². The van der Waals surface area contributed by atoms with Gasteiger partial charge in [0.1, 0.15) is 59.2 Å². The number of hydrogen-bond donors (Lipinski definition) is 8. The lowest BCUT2D eigenvalue weighted by atomic mass is 9.99. The standard InChI is InChI=1S/C28H24O14/c29-13-4-1-11(2-5-13)27(38)39-10-19-21(34)23(36)24(37)28(41-19)42-26-22(35)20-17(33)8-14(30)9-18(20)40-25(26)12-3-6-15(31)16(32)7-12/h1-9,19,21,23-24,28-34,36-37H,10H2/t19-,21+,23?,24?,28+/m1/s1. The number of carbonyl (C=O) groups excluding carboxylic acids is 1. The predicted octanol–water partition coefficient (Wildman–Crippen LogP) is 1.03. The molecule has 42 heavy (non-hydrogen) atoms. The van der Waals surface area contributed by atoms with Gasteiger partial charge in [0.2, 0.25) is 17.5 Å². The fraction of sp³-hybridized carbons (Fsp3) is 0.214. The molecule has 0 radical (unpaired) electrons. The van der Waals surface area contributed by atoms with Gasteiger partial charge in [-0.05, 0) is 42.5 Å². The molecular formula is C28H24O14. The van der Waals surface area contributed by atoms with E-state index in [1.807, 2.05) is 0 Å². The van der Waals surface area contributed by atoms with E-state index in [-0.39, 0.29) is 28.2 Å². The van der Waals surface area contributed by atoms with Crippen molar-refractivity contribution in [1.29, 1.82) is 0 Å². The molecule has 0 aliphatic carbocycles. The van der Waals surface area contributed by atoms with E-state index >= 15 is 0 Å². The van der Waals surface area contributed by atoms with Crippen LogP contribution in [0.2, 0.25) is 0 Å². The summed E-state index contributed by atoms with van der Waals surface area (Å²) in [5.41, 5.74) is -1.25. The highest BCUT2D eigenvalue weighted by Gasteiger charge is 2.46. The topological polar surface area (TPSA) is 237 Å². The Morgan fingerprint density at radius 3 is 2.19 bits per heavy atom. The Morgan fingerprint density at radius 2 is 1.50 bits per heavy atom. The van der Waals surface area contributed by atoms with E-state index in [4.69, 9.17) is 18.6 Å². The van der Waals surface area contributed by atoms with Crippen LogP contribution in [0.1, 0.15) is 10.4 Å². The summed E-state index contributed by atoms with van der Waals surface area (Å²) in [6.45, 7) is -0.629. The van der Waals surface area contributed by atoms with E-state index in [0.29, 0.717) is 0 Å². The van der Waals surface area contributed by atoms with Crippen LogP contribution in [-0.4, -0.2) is 84.1 Å². The molecule has 4 aromatic rings. The molecule has 5 rings (SSSR count). The zero-order valence-electron chi connectivity index (χ0n) is 21.3. The third kappa shape index (κ3) is 5.34. The van der Waals surface area contributed by atoms with Crippen molar-refractivity contribution in [3.63, 3.8) is 0 Å². The van der Waals surface area contributed by atoms with Crippen molar-refractivity contribution < 1.29 is 64.3 Å². The van der Waals surface area contributed by atoms with E-state index in [1.165, 1.54) is 30.3 Å². The summed E-state index contributed by atoms with van der Waals surface area (Å²) in [7, 11) is 0. The second-order valence-electron chi connectivity index (χ2n) is 9.41. The second-order valence-corrected chi connectivity index (χ2v) is 9.41. The molecule has 14 nitrogen and oxygen atoms in total. The predicted molar refractivity (Wildman–Crippen MR) is 140 cm³/mol. The van der Waals surface area contributed by atoms with Crippen LogP contribution in [0.15, 0.2) is 63.8 Å². The van der Waals surface area contributed by atoms with Crippen molar-refractivity contribution >= 4 is 16.9 Å². The van der Waals surface area contributed by atoms with E-state index in [2.05, 4.69) is 0 Å². The van der Waals surface area contributed by atoms with Crippen LogP contribution in [0, 0.1) is 0 Å². The Labute approximate surface area is 235 Å². The number of aliphatic hydroxyl groups excluding tert-OH is 3. The summed E-state index contributed by atoms with van der Waals surface area (Å²) in [6.07, 6.45) is -8.95. The quantitative estimate of drug-likeness (QED) is 0.117. The summed E-state index contributed by atoms with van der Waals surface area (Å²) in [5.74, 6) is -4.21.